The third kappa shape index (κ3) is 2.45. The van der Waals surface area contributed by atoms with Crippen LogP contribution in [0.2, 0.25) is 0 Å². The zero-order valence-electron chi connectivity index (χ0n) is 12.6. The number of nitrogens with one attached hydrogen (secondary N) is 2. The molecule has 0 unspecified atom stereocenters. The lowest BCUT2D eigenvalue weighted by Gasteiger charge is -2.25. The Bertz CT molecular complexity index is 718. The summed E-state index contributed by atoms with van der Waals surface area (Å²) in [6, 6.07) is 9.61. The molecule has 0 fully saturated rings. The molecule has 114 valence electrons. The van der Waals surface area contributed by atoms with Gasteiger partial charge in [0.25, 0.3) is 0 Å². The maximum Gasteiger partial charge on any atom is 0.336 e. The number of hydrogen-bond donors (Lipinski definition) is 2. The van der Waals surface area contributed by atoms with Crippen LogP contribution in [0.1, 0.15) is 18.2 Å². The molecule has 5 heteroatoms. The van der Waals surface area contributed by atoms with Gasteiger partial charge in [-0.15, -0.1) is 0 Å². The van der Waals surface area contributed by atoms with Crippen LogP contribution < -0.4 is 10.1 Å². The lowest BCUT2D eigenvalue weighted by molar-refractivity contribution is -0.138. The Balaban J connectivity index is 2.08. The summed E-state index contributed by atoms with van der Waals surface area (Å²) < 4.78 is 10.6. The highest BCUT2D eigenvalue weighted by Crippen LogP contribution is 2.38. The van der Waals surface area contributed by atoms with Gasteiger partial charge in [0.1, 0.15) is 5.75 Å². The lowest BCUT2D eigenvalue weighted by Crippen LogP contribution is -2.20. The van der Waals surface area contributed by atoms with Crippen molar-refractivity contribution in [3.05, 3.63) is 53.4 Å². The van der Waals surface area contributed by atoms with E-state index in [0.717, 1.165) is 28.4 Å². The Kier molecular flexibility index (Phi) is 3.87. The van der Waals surface area contributed by atoms with Crippen LogP contribution in [0, 0.1) is 0 Å². The van der Waals surface area contributed by atoms with Crippen LogP contribution in [0.25, 0.3) is 5.70 Å². The minimum absolute atomic E-state index is 0.298. The van der Waals surface area contributed by atoms with Gasteiger partial charge < -0.3 is 19.8 Å². The van der Waals surface area contributed by atoms with E-state index in [1.807, 2.05) is 36.5 Å². The second kappa shape index (κ2) is 5.97. The predicted octanol–water partition coefficient (Wildman–Crippen LogP) is 2.97. The number of ether oxygens (including phenoxy) is 2. The van der Waals surface area contributed by atoms with E-state index in [9.17, 15) is 4.79 Å². The maximum absolute atomic E-state index is 12.3. The fourth-order valence-electron chi connectivity index (χ4n) is 2.62. The molecule has 0 saturated heterocycles. The first-order valence-corrected chi connectivity index (χ1v) is 7.21. The minimum Gasteiger partial charge on any atom is -0.495 e. The number of hydrogen-bond acceptors (Lipinski definition) is 4. The highest BCUT2D eigenvalue weighted by atomic mass is 16.5. The number of esters is 1. The maximum atomic E-state index is 12.3. The Morgan fingerprint density at radius 2 is 2.14 bits per heavy atom. The number of methoxy groups -OCH3 is 1. The molecule has 1 aromatic heterocycles. The number of fused-ring (bicyclic) bond motifs is 1. The monoisotopic (exact) mass is 298 g/mol. The highest BCUT2D eigenvalue weighted by Gasteiger charge is 2.26. The van der Waals surface area contributed by atoms with Gasteiger partial charge in [-0.2, -0.15) is 0 Å². The summed E-state index contributed by atoms with van der Waals surface area (Å²) in [6.45, 7) is 2.16. The van der Waals surface area contributed by atoms with E-state index in [1.54, 1.807) is 14.0 Å². The number of rotatable bonds is 4. The van der Waals surface area contributed by atoms with Crippen LogP contribution >= 0.6 is 0 Å². The molecule has 22 heavy (non-hydrogen) atoms. The SMILES string of the molecule is CCOC(=O)C1=C(c2ccc[nH]2)Nc2c(cccc2OC)C1. The molecule has 0 bridgehead atoms. The van der Waals surface area contributed by atoms with Gasteiger partial charge in [-0.3, -0.25) is 0 Å². The zero-order valence-corrected chi connectivity index (χ0v) is 12.6. The number of aromatic nitrogens is 1. The Labute approximate surface area is 128 Å². The van der Waals surface area contributed by atoms with Gasteiger partial charge >= 0.3 is 5.97 Å². The highest BCUT2D eigenvalue weighted by molar-refractivity contribution is 6.02. The number of aromatic amines is 1. The van der Waals surface area contributed by atoms with Crippen molar-refractivity contribution in [1.29, 1.82) is 0 Å². The van der Waals surface area contributed by atoms with E-state index in [-0.39, 0.29) is 5.97 Å². The van der Waals surface area contributed by atoms with Crippen LogP contribution in [-0.2, 0) is 16.0 Å². The van der Waals surface area contributed by atoms with Gasteiger partial charge in [-0.05, 0) is 30.7 Å². The smallest absolute Gasteiger partial charge is 0.336 e. The quantitative estimate of drug-likeness (QED) is 0.852. The van der Waals surface area contributed by atoms with Crippen LogP contribution in [0.3, 0.4) is 0 Å². The third-order valence-corrected chi connectivity index (χ3v) is 3.64. The average Bonchev–Trinajstić information content (AvgIpc) is 3.07. The molecule has 0 amide bonds. The van der Waals surface area contributed by atoms with Gasteiger partial charge in [-0.1, -0.05) is 12.1 Å². The topological polar surface area (TPSA) is 63.4 Å². The van der Waals surface area contributed by atoms with Crippen molar-refractivity contribution in [3.63, 3.8) is 0 Å². The molecule has 2 N–H and O–H groups in total. The molecule has 1 aromatic carbocycles. The molecule has 3 rings (SSSR count). The first-order chi connectivity index (χ1) is 10.7. The molecule has 5 nitrogen and oxygen atoms in total. The molecular weight excluding hydrogens is 280 g/mol. The van der Waals surface area contributed by atoms with Crippen molar-refractivity contribution < 1.29 is 14.3 Å². The summed E-state index contributed by atoms with van der Waals surface area (Å²) in [4.78, 5) is 15.4. The van der Waals surface area contributed by atoms with Crippen molar-refractivity contribution in [2.75, 3.05) is 19.0 Å². The molecule has 0 radical (unpaired) electrons. The predicted molar refractivity (Wildman–Crippen MR) is 84.7 cm³/mol. The second-order valence-electron chi connectivity index (χ2n) is 4.95. The number of H-pyrrole nitrogens is 1. The minimum atomic E-state index is -0.298. The summed E-state index contributed by atoms with van der Waals surface area (Å²) >= 11 is 0. The standard InChI is InChI=1S/C17H18N2O3/c1-3-22-17(20)12-10-11-6-4-8-14(21-2)15(11)19-16(12)13-7-5-9-18-13/h4-9,18-19H,3,10H2,1-2H3. The summed E-state index contributed by atoms with van der Waals surface area (Å²) in [6.07, 6.45) is 2.33. The van der Waals surface area contributed by atoms with Crippen LogP contribution in [0.5, 0.6) is 5.75 Å². The van der Waals surface area contributed by atoms with Gasteiger partial charge in [0.2, 0.25) is 0 Å². The van der Waals surface area contributed by atoms with Crippen molar-refractivity contribution >= 4 is 17.4 Å². The molecule has 0 saturated carbocycles. The van der Waals surface area contributed by atoms with Gasteiger partial charge in [0, 0.05) is 12.6 Å². The molecule has 2 heterocycles. The molecule has 1 aliphatic heterocycles. The zero-order chi connectivity index (χ0) is 15.5. The van der Waals surface area contributed by atoms with Gasteiger partial charge in [0.15, 0.2) is 0 Å². The van der Waals surface area contributed by atoms with Crippen LogP contribution in [0.15, 0.2) is 42.1 Å². The fourth-order valence-corrected chi connectivity index (χ4v) is 2.62. The average molecular weight is 298 g/mol. The molecular formula is C17H18N2O3. The van der Waals surface area contributed by atoms with Crippen molar-refractivity contribution in [2.24, 2.45) is 0 Å². The van der Waals surface area contributed by atoms with E-state index in [0.29, 0.717) is 18.6 Å². The summed E-state index contributed by atoms with van der Waals surface area (Å²) in [7, 11) is 1.64. The van der Waals surface area contributed by atoms with E-state index < -0.39 is 0 Å². The number of anilines is 1. The third-order valence-electron chi connectivity index (χ3n) is 3.64. The molecule has 1 aliphatic rings. The molecule has 2 aromatic rings. The Morgan fingerprint density at radius 1 is 1.27 bits per heavy atom. The van der Waals surface area contributed by atoms with E-state index >= 15 is 0 Å². The number of para-hydroxylation sites is 1. The molecule has 0 atom stereocenters. The van der Waals surface area contributed by atoms with E-state index in [2.05, 4.69) is 10.3 Å². The van der Waals surface area contributed by atoms with Crippen molar-refractivity contribution in [2.45, 2.75) is 13.3 Å². The van der Waals surface area contributed by atoms with Crippen LogP contribution in [0.4, 0.5) is 5.69 Å². The lowest BCUT2D eigenvalue weighted by atomic mass is 9.95. The Hall–Kier alpha value is -2.69. The van der Waals surface area contributed by atoms with Gasteiger partial charge in [0.05, 0.1) is 36.4 Å². The van der Waals surface area contributed by atoms with Crippen LogP contribution in [-0.4, -0.2) is 24.7 Å². The summed E-state index contributed by atoms with van der Waals surface area (Å²) in [5, 5.41) is 3.33. The number of benzene rings is 1. The number of carbonyl (C=O) groups excluding carboxylic acids is 1. The Morgan fingerprint density at radius 3 is 2.82 bits per heavy atom. The normalized spacial score (nSPS) is 13.4. The molecule has 0 aliphatic carbocycles. The van der Waals surface area contributed by atoms with E-state index in [4.69, 9.17) is 9.47 Å². The van der Waals surface area contributed by atoms with E-state index in [1.165, 1.54) is 0 Å². The summed E-state index contributed by atoms with van der Waals surface area (Å²) in [5.41, 5.74) is 4.10. The first kappa shape index (κ1) is 14.3. The molecule has 0 spiro atoms. The second-order valence-corrected chi connectivity index (χ2v) is 4.95. The largest absolute Gasteiger partial charge is 0.495 e. The van der Waals surface area contributed by atoms with Crippen molar-refractivity contribution in [1.82, 2.24) is 4.98 Å². The first-order valence-electron chi connectivity index (χ1n) is 7.21. The van der Waals surface area contributed by atoms with Crippen molar-refractivity contribution in [3.8, 4) is 5.75 Å². The van der Waals surface area contributed by atoms with Gasteiger partial charge in [-0.25, -0.2) is 4.79 Å². The summed E-state index contributed by atoms with van der Waals surface area (Å²) in [5.74, 6) is 0.456. The number of carbonyl (C=O) groups is 1. The fraction of sp³-hybridized carbons (Fsp3) is 0.235.